The summed E-state index contributed by atoms with van der Waals surface area (Å²) >= 11 is 5.67. The van der Waals surface area contributed by atoms with E-state index in [-0.39, 0.29) is 24.8 Å². The first-order valence-electron chi connectivity index (χ1n) is 8.21. The van der Waals surface area contributed by atoms with Crippen molar-refractivity contribution in [1.29, 1.82) is 0 Å². The van der Waals surface area contributed by atoms with E-state index in [4.69, 9.17) is 21.3 Å². The monoisotopic (exact) mass is 415 g/mol. The lowest BCUT2D eigenvalue weighted by Gasteiger charge is -2.14. The van der Waals surface area contributed by atoms with Gasteiger partial charge in [0.2, 0.25) is 0 Å². The zero-order valence-electron chi connectivity index (χ0n) is 14.6. The Labute approximate surface area is 171 Å². The molecule has 1 heterocycles. The van der Waals surface area contributed by atoms with Gasteiger partial charge in [0.1, 0.15) is 11.3 Å². The fourth-order valence-corrected chi connectivity index (χ4v) is 2.99. The summed E-state index contributed by atoms with van der Waals surface area (Å²) in [6, 6.07) is 14.2. The van der Waals surface area contributed by atoms with Gasteiger partial charge in [0.05, 0.1) is 18.3 Å². The van der Waals surface area contributed by atoms with E-state index in [1.165, 1.54) is 0 Å². The van der Waals surface area contributed by atoms with E-state index in [1.807, 2.05) is 30.3 Å². The van der Waals surface area contributed by atoms with Gasteiger partial charge in [-0.1, -0.05) is 30.3 Å². The summed E-state index contributed by atoms with van der Waals surface area (Å²) in [5.41, 5.74) is 2.98. The highest BCUT2D eigenvalue weighted by Crippen LogP contribution is 2.34. The van der Waals surface area contributed by atoms with Crippen LogP contribution < -0.4 is 15.4 Å². The maximum atomic E-state index is 5.67. The minimum atomic E-state index is 0. The quantitative estimate of drug-likeness (QED) is 0.312. The Morgan fingerprint density at radius 3 is 2.50 bits per heavy atom. The van der Waals surface area contributed by atoms with Gasteiger partial charge in [-0.2, -0.15) is 0 Å². The summed E-state index contributed by atoms with van der Waals surface area (Å²) in [7, 11) is 1.68. The van der Waals surface area contributed by atoms with Crippen molar-refractivity contribution < 1.29 is 4.74 Å². The third-order valence-electron chi connectivity index (χ3n) is 4.00. The van der Waals surface area contributed by atoms with Gasteiger partial charge >= 0.3 is 0 Å². The summed E-state index contributed by atoms with van der Waals surface area (Å²) in [6.45, 7) is 2.68. The van der Waals surface area contributed by atoms with Gasteiger partial charge in [0.25, 0.3) is 0 Å². The predicted octanol–water partition coefficient (Wildman–Crippen LogP) is 4.87. The number of ether oxygens (including phenoxy) is 1. The van der Waals surface area contributed by atoms with Gasteiger partial charge in [-0.25, -0.2) is 4.98 Å². The van der Waals surface area contributed by atoms with Crippen molar-refractivity contribution >= 4 is 63.9 Å². The molecule has 3 aromatic rings. The number of pyridine rings is 1. The molecule has 2 aromatic carbocycles. The van der Waals surface area contributed by atoms with E-state index in [9.17, 15) is 0 Å². The van der Waals surface area contributed by atoms with Crippen molar-refractivity contribution in [2.45, 2.75) is 6.42 Å². The van der Waals surface area contributed by atoms with Crippen LogP contribution in [-0.2, 0) is 0 Å². The second-order valence-corrected chi connectivity index (χ2v) is 5.96. The summed E-state index contributed by atoms with van der Waals surface area (Å²) in [5.74, 6) is 1.44. The number of alkyl halides is 1. The van der Waals surface area contributed by atoms with Crippen molar-refractivity contribution in [2.75, 3.05) is 37.9 Å². The van der Waals surface area contributed by atoms with Crippen molar-refractivity contribution in [2.24, 2.45) is 0 Å². The van der Waals surface area contributed by atoms with Crippen molar-refractivity contribution in [3.05, 3.63) is 42.5 Å². The molecule has 4 nitrogen and oxygen atoms in total. The van der Waals surface area contributed by atoms with E-state index in [0.717, 1.165) is 59.3 Å². The molecule has 0 fully saturated rings. The number of anilines is 1. The number of benzene rings is 2. The number of aromatic nitrogens is 1. The SMILES string of the molecule is COc1cccc2c(NCCCNCCCl)c3ccccc3nc12.Cl.Cl. The highest BCUT2D eigenvalue weighted by molar-refractivity contribution is 6.18. The van der Waals surface area contributed by atoms with Gasteiger partial charge in [-0.15, -0.1) is 36.4 Å². The number of halogens is 3. The third-order valence-corrected chi connectivity index (χ3v) is 4.19. The molecule has 0 bridgehead atoms. The van der Waals surface area contributed by atoms with Crippen LogP contribution in [0.4, 0.5) is 5.69 Å². The fraction of sp³-hybridized carbons (Fsp3) is 0.316. The first kappa shape index (κ1) is 22.6. The lowest BCUT2D eigenvalue weighted by Crippen LogP contribution is -2.20. The van der Waals surface area contributed by atoms with Gasteiger partial charge in [0, 0.05) is 29.7 Å². The molecule has 0 atom stereocenters. The summed E-state index contributed by atoms with van der Waals surface area (Å²) < 4.78 is 5.49. The fourth-order valence-electron chi connectivity index (χ4n) is 2.86. The van der Waals surface area contributed by atoms with Gasteiger partial charge in [0.15, 0.2) is 0 Å². The van der Waals surface area contributed by atoms with Crippen LogP contribution in [0.15, 0.2) is 42.5 Å². The minimum absolute atomic E-state index is 0. The molecule has 0 saturated heterocycles. The van der Waals surface area contributed by atoms with Crippen molar-refractivity contribution in [3.63, 3.8) is 0 Å². The van der Waals surface area contributed by atoms with Gasteiger partial charge < -0.3 is 15.4 Å². The summed E-state index contributed by atoms with van der Waals surface area (Å²) in [5, 5.41) is 9.12. The first-order valence-corrected chi connectivity index (χ1v) is 8.74. The number of fused-ring (bicyclic) bond motifs is 2. The van der Waals surface area contributed by atoms with Crippen LogP contribution in [0, 0.1) is 0 Å². The summed E-state index contributed by atoms with van der Waals surface area (Å²) in [4.78, 5) is 4.79. The van der Waals surface area contributed by atoms with Crippen LogP contribution >= 0.6 is 36.4 Å². The lowest BCUT2D eigenvalue weighted by molar-refractivity contribution is 0.419. The predicted molar refractivity (Wildman–Crippen MR) is 117 cm³/mol. The van der Waals surface area contributed by atoms with E-state index >= 15 is 0 Å². The zero-order chi connectivity index (χ0) is 16.8. The maximum Gasteiger partial charge on any atom is 0.145 e. The number of rotatable bonds is 8. The Morgan fingerprint density at radius 2 is 1.73 bits per heavy atom. The average Bonchev–Trinajstić information content (AvgIpc) is 2.63. The smallest absolute Gasteiger partial charge is 0.145 e. The number of nitrogens with zero attached hydrogens (tertiary/aromatic N) is 1. The molecule has 0 aliphatic rings. The Kier molecular flexibility index (Phi) is 9.81. The molecule has 1 aromatic heterocycles. The second kappa shape index (κ2) is 11.3. The van der Waals surface area contributed by atoms with Crippen LogP contribution in [0.3, 0.4) is 0 Å². The maximum absolute atomic E-state index is 5.67. The first-order chi connectivity index (χ1) is 11.8. The molecule has 0 saturated carbocycles. The molecule has 2 N–H and O–H groups in total. The van der Waals surface area contributed by atoms with Crippen LogP contribution in [0.5, 0.6) is 5.75 Å². The second-order valence-electron chi connectivity index (χ2n) is 5.58. The molecule has 0 spiro atoms. The number of hydrogen-bond donors (Lipinski definition) is 2. The van der Waals surface area contributed by atoms with Crippen LogP contribution in [-0.4, -0.2) is 37.6 Å². The van der Waals surface area contributed by atoms with Gasteiger partial charge in [-0.05, 0) is 25.1 Å². The number of nitrogens with one attached hydrogen (secondary N) is 2. The molecule has 0 radical (unpaired) electrons. The molecule has 142 valence electrons. The van der Waals surface area contributed by atoms with Crippen LogP contribution in [0.25, 0.3) is 21.8 Å². The molecule has 0 unspecified atom stereocenters. The molecule has 3 rings (SSSR count). The van der Waals surface area contributed by atoms with Crippen LogP contribution in [0.1, 0.15) is 6.42 Å². The van der Waals surface area contributed by atoms with Crippen molar-refractivity contribution in [3.8, 4) is 5.75 Å². The topological polar surface area (TPSA) is 46.2 Å². The van der Waals surface area contributed by atoms with E-state index in [2.05, 4.69) is 22.8 Å². The Balaban J connectivity index is 0.00000169. The number of para-hydroxylation sites is 2. The lowest BCUT2D eigenvalue weighted by atomic mass is 10.1. The average molecular weight is 417 g/mol. The number of hydrogen-bond acceptors (Lipinski definition) is 4. The molecule has 7 heteroatoms. The summed E-state index contributed by atoms with van der Waals surface area (Å²) in [6.07, 6.45) is 1.03. The highest BCUT2D eigenvalue weighted by atomic mass is 35.5. The minimum Gasteiger partial charge on any atom is -0.494 e. The normalized spacial score (nSPS) is 10.2. The molecule has 0 aliphatic carbocycles. The molecule has 26 heavy (non-hydrogen) atoms. The van der Waals surface area contributed by atoms with Crippen molar-refractivity contribution in [1.82, 2.24) is 10.3 Å². The molecule has 0 aliphatic heterocycles. The Morgan fingerprint density at radius 1 is 0.962 bits per heavy atom. The number of methoxy groups -OCH3 is 1. The largest absolute Gasteiger partial charge is 0.494 e. The molecular formula is C19H24Cl3N3O. The highest BCUT2D eigenvalue weighted by Gasteiger charge is 2.11. The van der Waals surface area contributed by atoms with E-state index in [0.29, 0.717) is 5.88 Å². The molecular weight excluding hydrogens is 393 g/mol. The Hall–Kier alpha value is -1.46. The van der Waals surface area contributed by atoms with Crippen LogP contribution in [0.2, 0.25) is 0 Å². The third kappa shape index (κ3) is 5.04. The van der Waals surface area contributed by atoms with E-state index < -0.39 is 0 Å². The molecule has 0 amide bonds. The Bertz CT molecular complexity index is 830. The van der Waals surface area contributed by atoms with E-state index in [1.54, 1.807) is 7.11 Å². The standard InChI is InChI=1S/C19H22ClN3O.2ClH/c1-24-17-9-4-7-15-18(22-12-5-11-21-13-10-20)14-6-2-3-8-16(14)23-19(15)17;;/h2-4,6-9,21H,5,10-13H2,1H3,(H,22,23);2*1H. The zero-order valence-corrected chi connectivity index (χ0v) is 17.0. The van der Waals surface area contributed by atoms with Gasteiger partial charge in [-0.3, -0.25) is 0 Å².